The molecule has 0 bridgehead atoms. The highest BCUT2D eigenvalue weighted by atomic mass is 35.5. The van der Waals surface area contributed by atoms with Gasteiger partial charge >= 0.3 is 0 Å². The first kappa shape index (κ1) is 6.82. The first-order valence-corrected chi connectivity index (χ1v) is 3.78. The molecule has 0 saturated carbocycles. The molecule has 2 heterocycles. The van der Waals surface area contributed by atoms with Gasteiger partial charge in [-0.05, 0) is 12.2 Å². The Kier molecular flexibility index (Phi) is 1.44. The van der Waals surface area contributed by atoms with Crippen molar-refractivity contribution < 1.29 is 0 Å². The lowest BCUT2D eigenvalue weighted by molar-refractivity contribution is 1.29. The second-order valence-corrected chi connectivity index (χ2v) is 2.93. The van der Waals surface area contributed by atoms with Gasteiger partial charge in [0.05, 0.1) is 17.2 Å². The van der Waals surface area contributed by atoms with Gasteiger partial charge in [0.25, 0.3) is 0 Å². The molecule has 11 heavy (non-hydrogen) atoms. The molecule has 0 aromatic carbocycles. The van der Waals surface area contributed by atoms with Crippen molar-refractivity contribution in [3.05, 3.63) is 22.2 Å². The van der Waals surface area contributed by atoms with Gasteiger partial charge in [-0.1, -0.05) is 11.6 Å². The summed E-state index contributed by atoms with van der Waals surface area (Å²) in [6.45, 7) is 0. The largest absolute Gasteiger partial charge is 0.331 e. The van der Waals surface area contributed by atoms with E-state index in [0.29, 0.717) is 9.92 Å². The second-order valence-electron chi connectivity index (χ2n) is 2.13. The Hall–Kier alpha value is -0.870. The van der Waals surface area contributed by atoms with Crippen molar-refractivity contribution in [3.8, 4) is 0 Å². The number of fused-ring (bicyclic) bond motifs is 1. The van der Waals surface area contributed by atoms with Crippen LogP contribution in [-0.2, 0) is 0 Å². The minimum absolute atomic E-state index is 0.461. The number of halogens is 1. The minimum Gasteiger partial charge on any atom is -0.331 e. The van der Waals surface area contributed by atoms with Gasteiger partial charge < -0.3 is 9.97 Å². The maximum absolute atomic E-state index is 5.65. The highest BCUT2D eigenvalue weighted by Gasteiger charge is 1.96. The molecule has 2 N–H and O–H groups in total. The summed E-state index contributed by atoms with van der Waals surface area (Å²) in [5, 5.41) is 0.461. The van der Waals surface area contributed by atoms with Crippen molar-refractivity contribution in [2.45, 2.75) is 0 Å². The number of nitrogens with zero attached hydrogens (tertiary/aromatic N) is 1. The molecule has 0 aliphatic heterocycles. The summed E-state index contributed by atoms with van der Waals surface area (Å²) in [7, 11) is 0. The van der Waals surface area contributed by atoms with Gasteiger partial charge in [-0.25, -0.2) is 4.98 Å². The Morgan fingerprint density at radius 2 is 2.09 bits per heavy atom. The molecule has 0 spiro atoms. The van der Waals surface area contributed by atoms with E-state index in [1.165, 1.54) is 0 Å². The third-order valence-corrected chi connectivity index (χ3v) is 1.78. The Morgan fingerprint density at radius 3 is 2.91 bits per heavy atom. The highest BCUT2D eigenvalue weighted by Crippen LogP contribution is 2.12. The fourth-order valence-electron chi connectivity index (χ4n) is 0.909. The first-order valence-electron chi connectivity index (χ1n) is 2.99. The summed E-state index contributed by atoms with van der Waals surface area (Å²) >= 11 is 10.5. The lowest BCUT2D eigenvalue weighted by Gasteiger charge is -1.87. The first-order chi connectivity index (χ1) is 5.25. The molecule has 3 nitrogen and oxygen atoms in total. The molecular weight excluding hydrogens is 182 g/mol. The van der Waals surface area contributed by atoms with E-state index in [4.69, 9.17) is 23.8 Å². The lowest BCUT2D eigenvalue weighted by atomic mass is 10.4. The van der Waals surface area contributed by atoms with Crippen molar-refractivity contribution in [1.82, 2.24) is 15.0 Å². The van der Waals surface area contributed by atoms with Crippen molar-refractivity contribution in [2.24, 2.45) is 0 Å². The Bertz CT molecular complexity index is 444. The molecule has 2 rings (SSSR count). The van der Waals surface area contributed by atoms with Gasteiger partial charge in [0, 0.05) is 6.07 Å². The van der Waals surface area contributed by atoms with Gasteiger partial charge in [-0.3, -0.25) is 0 Å². The monoisotopic (exact) mass is 185 g/mol. The molecule has 0 atom stereocenters. The molecule has 0 unspecified atom stereocenters. The van der Waals surface area contributed by atoms with Crippen molar-refractivity contribution in [2.75, 3.05) is 0 Å². The van der Waals surface area contributed by atoms with E-state index in [9.17, 15) is 0 Å². The van der Waals surface area contributed by atoms with E-state index >= 15 is 0 Å². The van der Waals surface area contributed by atoms with Crippen molar-refractivity contribution in [3.63, 3.8) is 0 Å². The summed E-state index contributed by atoms with van der Waals surface area (Å²) in [5.41, 5.74) is 1.76. The number of H-pyrrole nitrogens is 2. The van der Waals surface area contributed by atoms with Crippen LogP contribution in [0.25, 0.3) is 11.0 Å². The molecule has 2 aromatic rings. The van der Waals surface area contributed by atoms with Crippen molar-refractivity contribution >= 4 is 34.9 Å². The molecule has 0 fully saturated rings. The molecule has 0 radical (unpaired) electrons. The van der Waals surface area contributed by atoms with E-state index in [1.807, 2.05) is 0 Å². The third-order valence-electron chi connectivity index (χ3n) is 1.37. The van der Waals surface area contributed by atoms with E-state index < -0.39 is 0 Å². The zero-order valence-corrected chi connectivity index (χ0v) is 6.96. The standard InChI is InChI=1S/C6H4ClN3S/c7-5-1-3-4(2-8-5)10-6(11)9-3/h1-2H,(H2,9,10,11). The van der Waals surface area contributed by atoms with Crippen LogP contribution < -0.4 is 0 Å². The van der Waals surface area contributed by atoms with E-state index in [0.717, 1.165) is 11.0 Å². The molecule has 0 saturated heterocycles. The normalized spacial score (nSPS) is 10.6. The summed E-state index contributed by atoms with van der Waals surface area (Å²) in [5.74, 6) is 0. The van der Waals surface area contributed by atoms with Crippen LogP contribution in [0.4, 0.5) is 0 Å². The maximum Gasteiger partial charge on any atom is 0.175 e. The number of hydrogen-bond donors (Lipinski definition) is 2. The smallest absolute Gasteiger partial charge is 0.175 e. The molecule has 0 amide bonds. The predicted molar refractivity (Wildman–Crippen MR) is 46.3 cm³/mol. The summed E-state index contributed by atoms with van der Waals surface area (Å²) < 4.78 is 0.587. The molecule has 0 aliphatic carbocycles. The van der Waals surface area contributed by atoms with Crippen molar-refractivity contribution in [1.29, 1.82) is 0 Å². The van der Waals surface area contributed by atoms with Crippen LogP contribution >= 0.6 is 23.8 Å². The number of imidazole rings is 1. The van der Waals surface area contributed by atoms with Crippen LogP contribution in [-0.4, -0.2) is 15.0 Å². The average molecular weight is 186 g/mol. The average Bonchev–Trinajstić information content (AvgIpc) is 2.27. The van der Waals surface area contributed by atoms with Gasteiger partial charge in [-0.2, -0.15) is 0 Å². The van der Waals surface area contributed by atoms with Gasteiger partial charge in [0.2, 0.25) is 0 Å². The number of rotatable bonds is 0. The Labute approximate surface area is 72.4 Å². The number of nitrogens with one attached hydrogen (secondary N) is 2. The van der Waals surface area contributed by atoms with Crippen LogP contribution in [0.2, 0.25) is 5.15 Å². The zero-order valence-electron chi connectivity index (χ0n) is 5.39. The molecule has 0 aliphatic rings. The SMILES string of the molecule is S=c1[nH]c2cnc(Cl)cc2[nH]1. The third kappa shape index (κ3) is 1.15. The highest BCUT2D eigenvalue weighted by molar-refractivity contribution is 7.71. The molecule has 5 heteroatoms. The van der Waals surface area contributed by atoms with Crippen LogP contribution in [0.15, 0.2) is 12.3 Å². The minimum atomic E-state index is 0.461. The van der Waals surface area contributed by atoms with E-state index in [1.54, 1.807) is 12.3 Å². The molecule has 56 valence electrons. The van der Waals surface area contributed by atoms with Gasteiger partial charge in [0.15, 0.2) is 4.77 Å². The lowest BCUT2D eigenvalue weighted by Crippen LogP contribution is -1.73. The predicted octanol–water partition coefficient (Wildman–Crippen LogP) is 2.27. The fraction of sp³-hybridized carbons (Fsp3) is 0. The van der Waals surface area contributed by atoms with Crippen LogP contribution in [0, 0.1) is 4.77 Å². The number of aromatic nitrogens is 3. The fourth-order valence-corrected chi connectivity index (χ4v) is 1.29. The summed E-state index contributed by atoms with van der Waals surface area (Å²) in [4.78, 5) is 9.75. The van der Waals surface area contributed by atoms with Gasteiger partial charge in [0.1, 0.15) is 5.15 Å². The van der Waals surface area contributed by atoms with Gasteiger partial charge in [-0.15, -0.1) is 0 Å². The Balaban J connectivity index is 2.92. The molecular formula is C6H4ClN3S. The number of aromatic amines is 2. The van der Waals surface area contributed by atoms with Crippen LogP contribution in [0.1, 0.15) is 0 Å². The van der Waals surface area contributed by atoms with E-state index in [-0.39, 0.29) is 0 Å². The zero-order chi connectivity index (χ0) is 7.84. The van der Waals surface area contributed by atoms with Crippen LogP contribution in [0.5, 0.6) is 0 Å². The quantitative estimate of drug-likeness (QED) is 0.489. The van der Waals surface area contributed by atoms with E-state index in [2.05, 4.69) is 15.0 Å². The number of pyridine rings is 1. The van der Waals surface area contributed by atoms with Crippen LogP contribution in [0.3, 0.4) is 0 Å². The maximum atomic E-state index is 5.65. The summed E-state index contributed by atoms with van der Waals surface area (Å²) in [6.07, 6.45) is 1.64. The second kappa shape index (κ2) is 2.32. The number of hydrogen-bond acceptors (Lipinski definition) is 2. The summed E-state index contributed by atoms with van der Waals surface area (Å²) in [6, 6.07) is 1.73. The molecule has 2 aromatic heterocycles. The topological polar surface area (TPSA) is 44.5 Å². The Morgan fingerprint density at radius 1 is 1.36 bits per heavy atom.